The number of ether oxygens (including phenoxy) is 1. The number of rotatable bonds is 2. The lowest BCUT2D eigenvalue weighted by Gasteiger charge is -2.30. The van der Waals surface area contributed by atoms with Crippen LogP contribution in [0.1, 0.15) is 5.56 Å². The Balaban J connectivity index is 2.31. The Bertz CT molecular complexity index is 442. The van der Waals surface area contributed by atoms with Gasteiger partial charge in [-0.3, -0.25) is 4.79 Å². The molecule has 1 aromatic carbocycles. The Labute approximate surface area is 99.4 Å². The Hall–Kier alpha value is -1.88. The molecule has 1 saturated heterocycles. The van der Waals surface area contributed by atoms with Crippen LogP contribution in [0, 0.1) is 6.92 Å². The van der Waals surface area contributed by atoms with Crippen molar-refractivity contribution in [1.82, 2.24) is 5.32 Å². The Morgan fingerprint density at radius 1 is 1.29 bits per heavy atom. The number of hydrogen-bond acceptors (Lipinski definition) is 3. The number of hydrogen-bond donors (Lipinski definition) is 1. The summed E-state index contributed by atoms with van der Waals surface area (Å²) in [5.41, 5.74) is 1.63. The molecule has 0 radical (unpaired) electrons. The molecule has 2 rings (SSSR count). The number of amides is 3. The first kappa shape index (κ1) is 11.6. The van der Waals surface area contributed by atoms with Gasteiger partial charge in [-0.15, -0.1) is 0 Å². The summed E-state index contributed by atoms with van der Waals surface area (Å²) in [5, 5.41) is 2.62. The van der Waals surface area contributed by atoms with Crippen LogP contribution in [0.4, 0.5) is 10.5 Å². The lowest BCUT2D eigenvalue weighted by molar-refractivity contribution is -0.128. The Kier molecular flexibility index (Phi) is 3.10. The van der Waals surface area contributed by atoms with Crippen molar-refractivity contribution in [2.75, 3.05) is 18.6 Å². The highest BCUT2D eigenvalue weighted by Gasteiger charge is 2.35. The van der Waals surface area contributed by atoms with Gasteiger partial charge in [0.25, 0.3) is 5.91 Å². The number of imide groups is 1. The molecule has 1 heterocycles. The second-order valence-electron chi connectivity index (χ2n) is 3.92. The van der Waals surface area contributed by atoms with Crippen molar-refractivity contribution in [3.63, 3.8) is 0 Å². The molecular formula is C12H14N2O3. The third-order valence-electron chi connectivity index (χ3n) is 2.71. The third kappa shape index (κ3) is 2.14. The predicted molar refractivity (Wildman–Crippen MR) is 62.9 cm³/mol. The number of carbonyl (C=O) groups excluding carboxylic acids is 2. The molecule has 1 aliphatic rings. The largest absolute Gasteiger partial charge is 0.370 e. The Morgan fingerprint density at radius 3 is 2.53 bits per heavy atom. The molecular weight excluding hydrogens is 220 g/mol. The van der Waals surface area contributed by atoms with E-state index >= 15 is 0 Å². The van der Waals surface area contributed by atoms with Crippen LogP contribution in [0.15, 0.2) is 24.3 Å². The molecule has 17 heavy (non-hydrogen) atoms. The normalized spacial score (nSPS) is 20.4. The van der Waals surface area contributed by atoms with Crippen LogP contribution in [0.3, 0.4) is 0 Å². The number of carbonyl (C=O) groups is 2. The first-order chi connectivity index (χ1) is 8.13. The van der Waals surface area contributed by atoms with Crippen molar-refractivity contribution < 1.29 is 14.3 Å². The van der Waals surface area contributed by atoms with Crippen LogP contribution in [-0.4, -0.2) is 31.7 Å². The van der Waals surface area contributed by atoms with Gasteiger partial charge >= 0.3 is 6.03 Å². The second kappa shape index (κ2) is 4.55. The van der Waals surface area contributed by atoms with Crippen molar-refractivity contribution in [3.8, 4) is 0 Å². The van der Waals surface area contributed by atoms with Gasteiger partial charge in [-0.25, -0.2) is 9.69 Å². The van der Waals surface area contributed by atoms with Crippen LogP contribution < -0.4 is 10.2 Å². The van der Waals surface area contributed by atoms with Gasteiger partial charge in [-0.2, -0.15) is 0 Å². The van der Waals surface area contributed by atoms with E-state index in [-0.39, 0.29) is 12.5 Å². The Morgan fingerprint density at radius 2 is 1.94 bits per heavy atom. The molecule has 1 aromatic rings. The van der Waals surface area contributed by atoms with Gasteiger partial charge in [-0.05, 0) is 19.1 Å². The maximum Gasteiger partial charge on any atom is 0.328 e. The highest BCUT2D eigenvalue weighted by molar-refractivity contribution is 6.17. The van der Waals surface area contributed by atoms with E-state index in [0.717, 1.165) is 10.5 Å². The fraction of sp³-hybridized carbons (Fsp3) is 0.333. The van der Waals surface area contributed by atoms with Gasteiger partial charge in [0.15, 0.2) is 6.10 Å². The molecule has 0 aliphatic carbocycles. The zero-order chi connectivity index (χ0) is 12.4. The minimum Gasteiger partial charge on any atom is -0.370 e. The first-order valence-corrected chi connectivity index (χ1v) is 5.34. The lowest BCUT2D eigenvalue weighted by Crippen LogP contribution is -2.58. The molecule has 90 valence electrons. The average molecular weight is 234 g/mol. The van der Waals surface area contributed by atoms with Gasteiger partial charge in [0, 0.05) is 7.11 Å². The number of anilines is 1. The van der Waals surface area contributed by atoms with E-state index in [4.69, 9.17) is 4.74 Å². The summed E-state index contributed by atoms with van der Waals surface area (Å²) < 4.78 is 5.02. The standard InChI is InChI=1S/C12H14N2O3/c1-8-3-5-9(6-4-8)14-11(15)10(17-2)7-13-12(14)16/h3-6,10H,7H2,1-2H3,(H,13,16). The van der Waals surface area contributed by atoms with E-state index in [1.54, 1.807) is 12.1 Å². The van der Waals surface area contributed by atoms with E-state index in [2.05, 4.69) is 5.32 Å². The molecule has 1 unspecified atom stereocenters. The molecule has 1 N–H and O–H groups in total. The molecule has 0 spiro atoms. The number of nitrogens with zero attached hydrogens (tertiary/aromatic N) is 1. The van der Waals surface area contributed by atoms with Crippen LogP contribution in [-0.2, 0) is 9.53 Å². The predicted octanol–water partition coefficient (Wildman–Crippen LogP) is 1.07. The number of nitrogens with one attached hydrogen (secondary N) is 1. The molecule has 3 amide bonds. The minimum absolute atomic E-state index is 0.219. The van der Waals surface area contributed by atoms with E-state index in [0.29, 0.717) is 5.69 Å². The summed E-state index contributed by atoms with van der Waals surface area (Å²) in [4.78, 5) is 24.8. The lowest BCUT2D eigenvalue weighted by atomic mass is 10.2. The van der Waals surface area contributed by atoms with Crippen molar-refractivity contribution >= 4 is 17.6 Å². The minimum atomic E-state index is -0.617. The highest BCUT2D eigenvalue weighted by atomic mass is 16.5. The van der Waals surface area contributed by atoms with Crippen LogP contribution in [0.25, 0.3) is 0 Å². The van der Waals surface area contributed by atoms with Gasteiger partial charge < -0.3 is 10.1 Å². The summed E-state index contributed by atoms with van der Waals surface area (Å²) in [5.74, 6) is -0.333. The topological polar surface area (TPSA) is 58.6 Å². The van der Waals surface area contributed by atoms with Crippen LogP contribution in [0.5, 0.6) is 0 Å². The monoisotopic (exact) mass is 234 g/mol. The summed E-state index contributed by atoms with van der Waals surface area (Å²) >= 11 is 0. The van der Waals surface area contributed by atoms with E-state index < -0.39 is 12.1 Å². The first-order valence-electron chi connectivity index (χ1n) is 5.34. The quantitative estimate of drug-likeness (QED) is 0.832. The number of methoxy groups -OCH3 is 1. The maximum atomic E-state index is 12.0. The van der Waals surface area contributed by atoms with Gasteiger partial charge in [0.1, 0.15) is 0 Å². The van der Waals surface area contributed by atoms with Crippen LogP contribution >= 0.6 is 0 Å². The fourth-order valence-electron chi connectivity index (χ4n) is 1.71. The molecule has 1 fully saturated rings. The van der Waals surface area contributed by atoms with E-state index in [9.17, 15) is 9.59 Å². The zero-order valence-electron chi connectivity index (χ0n) is 9.77. The second-order valence-corrected chi connectivity index (χ2v) is 3.92. The maximum absolute atomic E-state index is 12.0. The van der Waals surface area contributed by atoms with Crippen molar-refractivity contribution in [1.29, 1.82) is 0 Å². The van der Waals surface area contributed by atoms with E-state index in [1.807, 2.05) is 19.1 Å². The molecule has 0 bridgehead atoms. The number of benzene rings is 1. The van der Waals surface area contributed by atoms with Gasteiger partial charge in [-0.1, -0.05) is 17.7 Å². The zero-order valence-corrected chi connectivity index (χ0v) is 9.77. The number of urea groups is 1. The number of aryl methyl sites for hydroxylation is 1. The van der Waals surface area contributed by atoms with Crippen LogP contribution in [0.2, 0.25) is 0 Å². The van der Waals surface area contributed by atoms with Gasteiger partial charge in [0.2, 0.25) is 0 Å². The molecule has 1 atom stereocenters. The molecule has 0 saturated carbocycles. The third-order valence-corrected chi connectivity index (χ3v) is 2.71. The molecule has 1 aliphatic heterocycles. The summed E-state index contributed by atoms with van der Waals surface area (Å²) in [6.45, 7) is 2.16. The molecule has 0 aromatic heterocycles. The highest BCUT2D eigenvalue weighted by Crippen LogP contribution is 2.19. The van der Waals surface area contributed by atoms with Gasteiger partial charge in [0.05, 0.1) is 12.2 Å². The SMILES string of the molecule is COC1CNC(=O)N(c2ccc(C)cc2)C1=O. The summed E-state index contributed by atoms with van der Waals surface area (Å²) in [6, 6.07) is 6.78. The fourth-order valence-corrected chi connectivity index (χ4v) is 1.71. The van der Waals surface area contributed by atoms with Crippen molar-refractivity contribution in [3.05, 3.63) is 29.8 Å². The summed E-state index contributed by atoms with van der Waals surface area (Å²) in [7, 11) is 1.45. The van der Waals surface area contributed by atoms with Crippen molar-refractivity contribution in [2.45, 2.75) is 13.0 Å². The summed E-state index contributed by atoms with van der Waals surface area (Å²) in [6.07, 6.45) is -0.617. The van der Waals surface area contributed by atoms with E-state index in [1.165, 1.54) is 7.11 Å². The average Bonchev–Trinajstić information content (AvgIpc) is 2.32. The molecule has 5 heteroatoms. The smallest absolute Gasteiger partial charge is 0.328 e. The molecule has 5 nitrogen and oxygen atoms in total. The van der Waals surface area contributed by atoms with Crippen molar-refractivity contribution in [2.24, 2.45) is 0 Å².